The van der Waals surface area contributed by atoms with E-state index in [2.05, 4.69) is 20.0 Å². The molecule has 16 heavy (non-hydrogen) atoms. The van der Waals surface area contributed by atoms with E-state index in [1.165, 1.54) is 7.11 Å². The number of carbonyl (C=O) groups excluding carboxylic acids is 1. The zero-order valence-corrected chi connectivity index (χ0v) is 9.30. The lowest BCUT2D eigenvalue weighted by molar-refractivity contribution is 0.0928. The Morgan fingerprint density at radius 2 is 2.38 bits per heavy atom. The lowest BCUT2D eigenvalue weighted by Gasteiger charge is -2.38. The number of nitrogens with zero attached hydrogens (tertiary/aromatic N) is 3. The van der Waals surface area contributed by atoms with Gasteiger partial charge in [0.05, 0.1) is 13.2 Å². The molecule has 0 bridgehead atoms. The van der Waals surface area contributed by atoms with E-state index in [9.17, 15) is 4.79 Å². The van der Waals surface area contributed by atoms with E-state index in [-0.39, 0.29) is 12.1 Å². The van der Waals surface area contributed by atoms with Crippen LogP contribution in [0.5, 0.6) is 0 Å². The molecule has 86 valence electrons. The van der Waals surface area contributed by atoms with E-state index in [0.29, 0.717) is 19.0 Å². The number of ether oxygens (including phenoxy) is 1. The summed E-state index contributed by atoms with van der Waals surface area (Å²) in [6, 6.07) is 2.05. The van der Waals surface area contributed by atoms with Crippen molar-refractivity contribution in [3.05, 3.63) is 18.0 Å². The third-order valence-corrected chi connectivity index (χ3v) is 2.44. The Morgan fingerprint density at radius 3 is 3.00 bits per heavy atom. The summed E-state index contributed by atoms with van der Waals surface area (Å²) in [6.45, 7) is 3.17. The molecule has 1 amide bonds. The number of rotatable bonds is 2. The van der Waals surface area contributed by atoms with E-state index in [0.717, 1.165) is 5.69 Å². The Balaban J connectivity index is 1.84. The van der Waals surface area contributed by atoms with Gasteiger partial charge < -0.3 is 15.0 Å². The van der Waals surface area contributed by atoms with Gasteiger partial charge in [0, 0.05) is 25.0 Å². The maximum absolute atomic E-state index is 11.1. The van der Waals surface area contributed by atoms with Crippen LogP contribution in [0.15, 0.2) is 12.3 Å². The topological polar surface area (TPSA) is 67.3 Å². The monoisotopic (exact) mass is 222 g/mol. The summed E-state index contributed by atoms with van der Waals surface area (Å²) in [7, 11) is 1.38. The van der Waals surface area contributed by atoms with Crippen LogP contribution in [0.25, 0.3) is 0 Å². The molecule has 1 aromatic rings. The van der Waals surface area contributed by atoms with E-state index in [4.69, 9.17) is 0 Å². The number of carbonyl (C=O) groups is 1. The molecular weight excluding hydrogens is 208 g/mol. The van der Waals surface area contributed by atoms with Gasteiger partial charge in [-0.3, -0.25) is 0 Å². The fraction of sp³-hybridized carbons (Fsp3) is 0.500. The van der Waals surface area contributed by atoms with Crippen LogP contribution >= 0.6 is 0 Å². The molecule has 1 fully saturated rings. The van der Waals surface area contributed by atoms with Crippen LogP contribution in [0, 0.1) is 6.92 Å². The Hall–Kier alpha value is -1.85. The number of aryl methyl sites for hydroxylation is 1. The number of likely N-dealkylation sites (tertiary alicyclic amines) is 1. The van der Waals surface area contributed by atoms with E-state index >= 15 is 0 Å². The summed E-state index contributed by atoms with van der Waals surface area (Å²) in [5.74, 6) is 0.606. The molecule has 1 aliphatic heterocycles. The third kappa shape index (κ3) is 2.21. The van der Waals surface area contributed by atoms with Crippen molar-refractivity contribution >= 4 is 12.0 Å². The molecular formula is C10H14N4O2. The van der Waals surface area contributed by atoms with Gasteiger partial charge in [0.25, 0.3) is 0 Å². The number of aromatic nitrogens is 2. The number of hydrogen-bond donors (Lipinski definition) is 1. The van der Waals surface area contributed by atoms with Gasteiger partial charge in [-0.1, -0.05) is 0 Å². The molecule has 0 aromatic carbocycles. The maximum atomic E-state index is 11.1. The van der Waals surface area contributed by atoms with Crippen LogP contribution in [-0.2, 0) is 4.74 Å². The quantitative estimate of drug-likeness (QED) is 0.795. The van der Waals surface area contributed by atoms with Crippen LogP contribution in [0.4, 0.5) is 10.7 Å². The highest BCUT2D eigenvalue weighted by Crippen LogP contribution is 2.13. The summed E-state index contributed by atoms with van der Waals surface area (Å²) >= 11 is 0. The van der Waals surface area contributed by atoms with Gasteiger partial charge in [0.15, 0.2) is 0 Å². The van der Waals surface area contributed by atoms with Crippen molar-refractivity contribution in [1.82, 2.24) is 14.9 Å². The van der Waals surface area contributed by atoms with Crippen LogP contribution in [0.3, 0.4) is 0 Å². The Kier molecular flexibility index (Phi) is 2.89. The van der Waals surface area contributed by atoms with Crippen molar-refractivity contribution in [2.24, 2.45) is 0 Å². The van der Waals surface area contributed by atoms with Crippen molar-refractivity contribution in [2.45, 2.75) is 13.0 Å². The average Bonchev–Trinajstić information content (AvgIpc) is 2.22. The number of amides is 1. The van der Waals surface area contributed by atoms with Crippen molar-refractivity contribution in [1.29, 1.82) is 0 Å². The van der Waals surface area contributed by atoms with Crippen LogP contribution in [0.1, 0.15) is 5.69 Å². The van der Waals surface area contributed by atoms with Crippen LogP contribution in [-0.4, -0.2) is 47.2 Å². The largest absolute Gasteiger partial charge is 0.453 e. The Morgan fingerprint density at radius 1 is 1.62 bits per heavy atom. The van der Waals surface area contributed by atoms with Gasteiger partial charge in [0.1, 0.15) is 0 Å². The molecule has 1 saturated heterocycles. The summed E-state index contributed by atoms with van der Waals surface area (Å²) < 4.78 is 4.60. The molecule has 0 unspecified atom stereocenters. The van der Waals surface area contributed by atoms with Gasteiger partial charge in [0.2, 0.25) is 5.95 Å². The van der Waals surface area contributed by atoms with Crippen molar-refractivity contribution in [2.75, 3.05) is 25.5 Å². The first kappa shape index (κ1) is 10.7. The summed E-state index contributed by atoms with van der Waals surface area (Å²) in [5.41, 5.74) is 0.918. The van der Waals surface area contributed by atoms with Gasteiger partial charge in [-0.25, -0.2) is 14.8 Å². The molecule has 1 aromatic heterocycles. The SMILES string of the molecule is COC(=O)N1CC(Nc2nccc(C)n2)C1. The number of hydrogen-bond acceptors (Lipinski definition) is 5. The molecule has 0 radical (unpaired) electrons. The summed E-state index contributed by atoms with van der Waals surface area (Å²) in [6.07, 6.45) is 1.42. The maximum Gasteiger partial charge on any atom is 0.409 e. The highest BCUT2D eigenvalue weighted by Gasteiger charge is 2.31. The summed E-state index contributed by atoms with van der Waals surface area (Å²) in [5, 5.41) is 3.16. The normalized spacial score (nSPS) is 15.5. The molecule has 0 atom stereocenters. The fourth-order valence-corrected chi connectivity index (χ4v) is 1.55. The number of methoxy groups -OCH3 is 1. The molecule has 1 aliphatic rings. The Bertz CT molecular complexity index is 390. The van der Waals surface area contributed by atoms with Gasteiger partial charge in [-0.2, -0.15) is 0 Å². The zero-order valence-electron chi connectivity index (χ0n) is 9.30. The minimum absolute atomic E-state index is 0.209. The predicted octanol–water partition coefficient (Wildman–Crippen LogP) is 0.648. The van der Waals surface area contributed by atoms with Crippen molar-refractivity contribution in [3.8, 4) is 0 Å². The van der Waals surface area contributed by atoms with E-state index in [1.807, 2.05) is 13.0 Å². The zero-order chi connectivity index (χ0) is 11.5. The molecule has 2 heterocycles. The van der Waals surface area contributed by atoms with Gasteiger partial charge in [-0.15, -0.1) is 0 Å². The molecule has 0 saturated carbocycles. The molecule has 2 rings (SSSR count). The lowest BCUT2D eigenvalue weighted by atomic mass is 10.1. The molecule has 0 spiro atoms. The lowest BCUT2D eigenvalue weighted by Crippen LogP contribution is -2.57. The third-order valence-electron chi connectivity index (χ3n) is 2.44. The van der Waals surface area contributed by atoms with Gasteiger partial charge >= 0.3 is 6.09 Å². The van der Waals surface area contributed by atoms with Crippen LogP contribution < -0.4 is 5.32 Å². The minimum Gasteiger partial charge on any atom is -0.453 e. The van der Waals surface area contributed by atoms with Crippen molar-refractivity contribution in [3.63, 3.8) is 0 Å². The first-order chi connectivity index (χ1) is 7.69. The van der Waals surface area contributed by atoms with Gasteiger partial charge in [-0.05, 0) is 13.0 Å². The first-order valence-electron chi connectivity index (χ1n) is 5.08. The molecule has 0 aliphatic carbocycles. The highest BCUT2D eigenvalue weighted by atomic mass is 16.5. The second kappa shape index (κ2) is 4.34. The first-order valence-corrected chi connectivity index (χ1v) is 5.08. The molecule has 6 nitrogen and oxygen atoms in total. The van der Waals surface area contributed by atoms with Crippen molar-refractivity contribution < 1.29 is 9.53 Å². The molecule has 1 N–H and O–H groups in total. The second-order valence-electron chi connectivity index (χ2n) is 3.74. The smallest absolute Gasteiger partial charge is 0.409 e. The number of anilines is 1. The summed E-state index contributed by atoms with van der Waals surface area (Å²) in [4.78, 5) is 21.0. The second-order valence-corrected chi connectivity index (χ2v) is 3.74. The van der Waals surface area contributed by atoms with E-state index < -0.39 is 0 Å². The average molecular weight is 222 g/mol. The van der Waals surface area contributed by atoms with E-state index in [1.54, 1.807) is 11.1 Å². The highest BCUT2D eigenvalue weighted by molar-refractivity contribution is 5.68. The van der Waals surface area contributed by atoms with Crippen LogP contribution in [0.2, 0.25) is 0 Å². The molecule has 6 heteroatoms. The fourth-order valence-electron chi connectivity index (χ4n) is 1.55. The predicted molar refractivity (Wildman–Crippen MR) is 58.2 cm³/mol. The Labute approximate surface area is 93.6 Å². The minimum atomic E-state index is -0.289. The standard InChI is InChI=1S/C10H14N4O2/c1-7-3-4-11-9(12-7)13-8-5-14(6-8)10(15)16-2/h3-4,8H,5-6H2,1-2H3,(H,11,12,13). The number of nitrogens with one attached hydrogen (secondary N) is 1.